The van der Waals surface area contributed by atoms with Crippen molar-refractivity contribution in [1.82, 2.24) is 4.72 Å². The largest absolute Gasteiger partial charge is 0.322 e. The Hall–Kier alpha value is -3.24. The molecule has 3 aromatic rings. The number of halogens is 4. The molecule has 0 aliphatic rings. The fraction of sp³-hybridized carbons (Fsp3) is 0.0952. The van der Waals surface area contributed by atoms with Crippen molar-refractivity contribution in [3.63, 3.8) is 0 Å². The highest BCUT2D eigenvalue weighted by Crippen LogP contribution is 2.20. The van der Waals surface area contributed by atoms with Crippen molar-refractivity contribution in [1.29, 1.82) is 0 Å². The Morgan fingerprint density at radius 2 is 1.48 bits per heavy atom. The number of anilines is 1. The molecule has 0 radical (unpaired) electrons. The van der Waals surface area contributed by atoms with Crippen LogP contribution in [0.5, 0.6) is 0 Å². The number of sulfonamides is 1. The molecule has 1 atom stereocenters. The van der Waals surface area contributed by atoms with Gasteiger partial charge in [0.05, 0.1) is 10.6 Å². The van der Waals surface area contributed by atoms with Crippen LogP contribution in [0, 0.1) is 23.3 Å². The van der Waals surface area contributed by atoms with Crippen LogP contribution in [0.2, 0.25) is 0 Å². The zero-order valence-electron chi connectivity index (χ0n) is 15.8. The third kappa shape index (κ3) is 5.47. The highest BCUT2D eigenvalue weighted by Gasteiger charge is 2.27. The quantitative estimate of drug-likeness (QED) is 0.423. The molecule has 10 heteroatoms. The second-order valence-corrected chi connectivity index (χ2v) is 8.24. The molecule has 1 unspecified atom stereocenters. The maximum Gasteiger partial charge on any atom is 0.242 e. The molecule has 162 valence electrons. The lowest BCUT2D eigenvalue weighted by atomic mass is 10.1. The summed E-state index contributed by atoms with van der Waals surface area (Å²) in [6.07, 6.45) is -0.127. The Kier molecular flexibility index (Phi) is 6.71. The third-order valence-corrected chi connectivity index (χ3v) is 5.80. The second-order valence-electron chi connectivity index (χ2n) is 6.53. The van der Waals surface area contributed by atoms with Crippen molar-refractivity contribution < 1.29 is 30.8 Å². The summed E-state index contributed by atoms with van der Waals surface area (Å²) in [4.78, 5) is 12.5. The van der Waals surface area contributed by atoms with E-state index in [1.54, 1.807) is 30.3 Å². The summed E-state index contributed by atoms with van der Waals surface area (Å²) in [6.45, 7) is 0. The minimum atomic E-state index is -4.26. The maximum absolute atomic E-state index is 13.9. The first-order valence-electron chi connectivity index (χ1n) is 8.93. The van der Waals surface area contributed by atoms with Crippen LogP contribution in [0.15, 0.2) is 71.6 Å². The van der Waals surface area contributed by atoms with Gasteiger partial charge in [-0.15, -0.1) is 0 Å². The van der Waals surface area contributed by atoms with E-state index in [1.807, 2.05) is 0 Å². The molecule has 0 spiro atoms. The van der Waals surface area contributed by atoms with Crippen molar-refractivity contribution >= 4 is 21.6 Å². The number of hydrogen-bond donors (Lipinski definition) is 2. The van der Waals surface area contributed by atoms with Crippen LogP contribution in [0.1, 0.15) is 5.56 Å². The summed E-state index contributed by atoms with van der Waals surface area (Å²) >= 11 is 0. The second kappa shape index (κ2) is 9.27. The molecular weight excluding hydrogens is 436 g/mol. The fourth-order valence-corrected chi connectivity index (χ4v) is 3.94. The predicted molar refractivity (Wildman–Crippen MR) is 106 cm³/mol. The van der Waals surface area contributed by atoms with Gasteiger partial charge in [-0.3, -0.25) is 4.79 Å². The van der Waals surface area contributed by atoms with Crippen LogP contribution in [-0.4, -0.2) is 20.4 Å². The summed E-state index contributed by atoms with van der Waals surface area (Å²) in [6, 6.07) is 12.3. The van der Waals surface area contributed by atoms with Gasteiger partial charge in [0.1, 0.15) is 11.9 Å². The Morgan fingerprint density at radius 3 is 2.13 bits per heavy atom. The minimum Gasteiger partial charge on any atom is -0.322 e. The molecule has 0 heterocycles. The van der Waals surface area contributed by atoms with Gasteiger partial charge < -0.3 is 5.32 Å². The average molecular weight is 452 g/mol. The molecule has 0 aliphatic carbocycles. The molecular formula is C21H16F4N2O3S. The number of amides is 1. The molecule has 0 saturated heterocycles. The first-order valence-corrected chi connectivity index (χ1v) is 10.4. The molecule has 31 heavy (non-hydrogen) atoms. The van der Waals surface area contributed by atoms with Gasteiger partial charge in [-0.1, -0.05) is 30.3 Å². The fourth-order valence-electron chi connectivity index (χ4n) is 2.75. The SMILES string of the molecule is O=C(Nc1ccc(F)c(F)c1F)C(Cc1ccccc1)NS(=O)(=O)c1ccc(F)cc1. The molecule has 5 nitrogen and oxygen atoms in total. The standard InChI is InChI=1S/C21H16F4N2O3S/c22-14-6-8-15(9-7-14)31(29,30)27-18(12-13-4-2-1-3-5-13)21(28)26-17-11-10-16(23)19(24)20(17)25/h1-11,18,27H,12H2,(H,26,28). The summed E-state index contributed by atoms with van der Waals surface area (Å²) in [5.41, 5.74) is -0.0712. The van der Waals surface area contributed by atoms with E-state index >= 15 is 0 Å². The number of benzene rings is 3. The molecule has 1 amide bonds. The van der Waals surface area contributed by atoms with Crippen molar-refractivity contribution in [2.75, 3.05) is 5.32 Å². The average Bonchev–Trinajstić information content (AvgIpc) is 2.74. The zero-order valence-corrected chi connectivity index (χ0v) is 16.6. The van der Waals surface area contributed by atoms with Crippen LogP contribution in [0.4, 0.5) is 23.2 Å². The third-order valence-electron chi connectivity index (χ3n) is 4.31. The number of carbonyl (C=O) groups excluding carboxylic acids is 1. The Labute approximate surface area is 175 Å². The van der Waals surface area contributed by atoms with Gasteiger partial charge >= 0.3 is 0 Å². The lowest BCUT2D eigenvalue weighted by Gasteiger charge is -2.19. The number of nitrogens with one attached hydrogen (secondary N) is 2. The number of rotatable bonds is 7. The van der Waals surface area contributed by atoms with Gasteiger partial charge in [-0.05, 0) is 48.4 Å². The monoisotopic (exact) mass is 452 g/mol. The highest BCUT2D eigenvalue weighted by molar-refractivity contribution is 7.89. The van der Waals surface area contributed by atoms with Gasteiger partial charge in [0.25, 0.3) is 0 Å². The molecule has 0 aliphatic heterocycles. The summed E-state index contributed by atoms with van der Waals surface area (Å²) in [5.74, 6) is -6.48. The number of hydrogen-bond acceptors (Lipinski definition) is 3. The first kappa shape index (κ1) is 22.4. The highest BCUT2D eigenvalue weighted by atomic mass is 32.2. The van der Waals surface area contributed by atoms with Gasteiger partial charge in [-0.25, -0.2) is 26.0 Å². The van der Waals surface area contributed by atoms with E-state index in [2.05, 4.69) is 10.0 Å². The van der Waals surface area contributed by atoms with E-state index in [9.17, 15) is 30.8 Å². The Bertz CT molecular complexity index is 1190. The van der Waals surface area contributed by atoms with Crippen molar-refractivity contribution in [2.45, 2.75) is 17.4 Å². The van der Waals surface area contributed by atoms with Crippen LogP contribution in [-0.2, 0) is 21.2 Å². The van der Waals surface area contributed by atoms with Crippen molar-refractivity contribution in [2.24, 2.45) is 0 Å². The van der Waals surface area contributed by atoms with Gasteiger partial charge in [0.15, 0.2) is 17.5 Å². The minimum absolute atomic E-state index is 0.127. The van der Waals surface area contributed by atoms with E-state index in [4.69, 9.17) is 0 Å². The van der Waals surface area contributed by atoms with E-state index in [0.717, 1.165) is 30.3 Å². The normalized spacial score (nSPS) is 12.4. The molecule has 3 aromatic carbocycles. The Morgan fingerprint density at radius 1 is 0.839 bits per heavy atom. The van der Waals surface area contributed by atoms with Crippen LogP contribution < -0.4 is 10.0 Å². The van der Waals surface area contributed by atoms with Crippen LogP contribution >= 0.6 is 0 Å². The molecule has 2 N–H and O–H groups in total. The summed E-state index contributed by atoms with van der Waals surface area (Å²) in [5, 5.41) is 2.07. The molecule has 0 bridgehead atoms. The summed E-state index contributed by atoms with van der Waals surface area (Å²) < 4.78 is 81.2. The molecule has 0 saturated carbocycles. The molecule has 3 rings (SSSR count). The lowest BCUT2D eigenvalue weighted by Crippen LogP contribution is -2.45. The van der Waals surface area contributed by atoms with E-state index in [-0.39, 0.29) is 11.3 Å². The molecule has 0 aromatic heterocycles. The van der Waals surface area contributed by atoms with Crippen LogP contribution in [0.3, 0.4) is 0 Å². The van der Waals surface area contributed by atoms with Crippen molar-refractivity contribution in [3.8, 4) is 0 Å². The smallest absolute Gasteiger partial charge is 0.242 e. The zero-order chi connectivity index (χ0) is 22.6. The first-order chi connectivity index (χ1) is 14.7. The lowest BCUT2D eigenvalue weighted by molar-refractivity contribution is -0.117. The number of carbonyl (C=O) groups is 1. The predicted octanol–water partition coefficient (Wildman–Crippen LogP) is 3.77. The van der Waals surface area contributed by atoms with Crippen molar-refractivity contribution in [3.05, 3.63) is 95.6 Å². The molecule has 0 fully saturated rings. The van der Waals surface area contributed by atoms with Gasteiger partial charge in [0, 0.05) is 0 Å². The summed E-state index contributed by atoms with van der Waals surface area (Å²) in [7, 11) is -4.26. The Balaban J connectivity index is 1.89. The van der Waals surface area contributed by atoms with Gasteiger partial charge in [-0.2, -0.15) is 4.72 Å². The van der Waals surface area contributed by atoms with E-state index in [0.29, 0.717) is 11.6 Å². The van der Waals surface area contributed by atoms with E-state index in [1.165, 1.54) is 0 Å². The topological polar surface area (TPSA) is 75.3 Å². The van der Waals surface area contributed by atoms with Gasteiger partial charge in [0.2, 0.25) is 15.9 Å². The van der Waals surface area contributed by atoms with E-state index < -0.39 is 50.9 Å². The van der Waals surface area contributed by atoms with Crippen LogP contribution in [0.25, 0.3) is 0 Å². The maximum atomic E-state index is 13.9.